The van der Waals surface area contributed by atoms with Crippen LogP contribution in [0.4, 0.5) is 0 Å². The van der Waals surface area contributed by atoms with Gasteiger partial charge in [-0.25, -0.2) is 0 Å². The van der Waals surface area contributed by atoms with E-state index in [-0.39, 0.29) is 0 Å². The normalized spacial score (nSPS) is 28.9. The molecule has 0 aliphatic heterocycles. The highest BCUT2D eigenvalue weighted by atomic mass is 14.3. The van der Waals surface area contributed by atoms with Crippen molar-refractivity contribution in [3.8, 4) is 0 Å². The number of hydrogen-bond acceptors (Lipinski definition) is 0. The Hall–Kier alpha value is -0.260. The second-order valence-electron chi connectivity index (χ2n) is 5.32. The summed E-state index contributed by atoms with van der Waals surface area (Å²) in [5.41, 5.74) is 1.75. The maximum atomic E-state index is 2.57. The molecule has 0 aromatic carbocycles. The maximum Gasteiger partial charge on any atom is 0.000545 e. The summed E-state index contributed by atoms with van der Waals surface area (Å²) >= 11 is 0. The molecule has 0 spiro atoms. The first kappa shape index (κ1) is 11.2. The standard InChI is InChI=1S/C15H25/c1-2-6-13-9-11-15(12-10-13)14-7-4-3-5-8-14/h11,13H,2-10,12H2,1H3. The molecular formula is C15H25. The van der Waals surface area contributed by atoms with E-state index in [1.165, 1.54) is 64.2 Å². The van der Waals surface area contributed by atoms with Gasteiger partial charge in [0.25, 0.3) is 0 Å². The van der Waals surface area contributed by atoms with E-state index in [9.17, 15) is 0 Å². The first-order valence-electron chi connectivity index (χ1n) is 6.94. The number of rotatable bonds is 3. The van der Waals surface area contributed by atoms with E-state index in [4.69, 9.17) is 0 Å². The molecule has 85 valence electrons. The summed E-state index contributed by atoms with van der Waals surface area (Å²) in [6.45, 7) is 2.31. The fraction of sp³-hybridized carbons (Fsp3) is 0.800. The van der Waals surface area contributed by atoms with Crippen LogP contribution in [0.3, 0.4) is 0 Å². The number of hydrogen-bond donors (Lipinski definition) is 0. The van der Waals surface area contributed by atoms with Crippen LogP contribution in [0, 0.1) is 11.8 Å². The molecule has 0 amide bonds. The van der Waals surface area contributed by atoms with Crippen molar-refractivity contribution in [1.29, 1.82) is 0 Å². The van der Waals surface area contributed by atoms with Crippen molar-refractivity contribution in [3.05, 3.63) is 17.6 Å². The van der Waals surface area contributed by atoms with E-state index in [0.29, 0.717) is 0 Å². The molecular weight excluding hydrogens is 180 g/mol. The summed E-state index contributed by atoms with van der Waals surface area (Å²) in [5.74, 6) is 2.82. The van der Waals surface area contributed by atoms with Crippen molar-refractivity contribution >= 4 is 0 Å². The van der Waals surface area contributed by atoms with Crippen LogP contribution in [0.15, 0.2) is 11.6 Å². The topological polar surface area (TPSA) is 0 Å². The van der Waals surface area contributed by atoms with Gasteiger partial charge in [0, 0.05) is 5.92 Å². The summed E-state index contributed by atoms with van der Waals surface area (Å²) in [5, 5.41) is 0. The molecule has 0 bridgehead atoms. The van der Waals surface area contributed by atoms with E-state index in [2.05, 4.69) is 13.0 Å². The Labute approximate surface area is 95.1 Å². The minimum absolute atomic E-state index is 1.00. The molecule has 0 heterocycles. The zero-order chi connectivity index (χ0) is 10.5. The Balaban J connectivity index is 1.83. The lowest BCUT2D eigenvalue weighted by atomic mass is 9.77. The zero-order valence-corrected chi connectivity index (χ0v) is 10.2. The molecule has 0 nitrogen and oxygen atoms in total. The minimum atomic E-state index is 1.00. The van der Waals surface area contributed by atoms with Gasteiger partial charge < -0.3 is 0 Å². The van der Waals surface area contributed by atoms with Crippen LogP contribution in [0.2, 0.25) is 0 Å². The van der Waals surface area contributed by atoms with Gasteiger partial charge in [0.05, 0.1) is 0 Å². The van der Waals surface area contributed by atoms with Gasteiger partial charge in [-0.1, -0.05) is 50.7 Å². The van der Waals surface area contributed by atoms with Crippen molar-refractivity contribution < 1.29 is 0 Å². The highest BCUT2D eigenvalue weighted by Crippen LogP contribution is 2.38. The summed E-state index contributed by atoms with van der Waals surface area (Å²) in [7, 11) is 0. The molecule has 2 rings (SSSR count). The fourth-order valence-electron chi connectivity index (χ4n) is 3.18. The lowest BCUT2D eigenvalue weighted by Gasteiger charge is -2.29. The molecule has 2 aliphatic carbocycles. The number of allylic oxidation sites excluding steroid dienone is 2. The quantitative estimate of drug-likeness (QED) is 0.604. The second-order valence-corrected chi connectivity index (χ2v) is 5.32. The summed E-state index contributed by atoms with van der Waals surface area (Å²) < 4.78 is 0. The average molecular weight is 205 g/mol. The van der Waals surface area contributed by atoms with Gasteiger partial charge in [-0.15, -0.1) is 0 Å². The molecule has 1 unspecified atom stereocenters. The van der Waals surface area contributed by atoms with E-state index in [1.54, 1.807) is 5.57 Å². The molecule has 1 saturated carbocycles. The van der Waals surface area contributed by atoms with Gasteiger partial charge >= 0.3 is 0 Å². The first-order chi connectivity index (χ1) is 7.40. The highest BCUT2D eigenvalue weighted by molar-refractivity contribution is 5.26. The van der Waals surface area contributed by atoms with Gasteiger partial charge in [-0.2, -0.15) is 0 Å². The van der Waals surface area contributed by atoms with E-state index in [0.717, 1.165) is 5.92 Å². The van der Waals surface area contributed by atoms with E-state index >= 15 is 0 Å². The summed E-state index contributed by atoms with van der Waals surface area (Å²) in [4.78, 5) is 0. The molecule has 0 heteroatoms. The molecule has 1 fully saturated rings. The van der Waals surface area contributed by atoms with Crippen LogP contribution in [0.5, 0.6) is 0 Å². The van der Waals surface area contributed by atoms with Gasteiger partial charge in [0.15, 0.2) is 0 Å². The SMILES string of the molecule is CCCC1CC=C([C]2CCCCC2)CC1. The van der Waals surface area contributed by atoms with Crippen LogP contribution in [0.1, 0.15) is 71.1 Å². The molecule has 0 N–H and O–H groups in total. The summed E-state index contributed by atoms with van der Waals surface area (Å²) in [6, 6.07) is 0. The highest BCUT2D eigenvalue weighted by Gasteiger charge is 2.22. The molecule has 2 aliphatic rings. The predicted molar refractivity (Wildman–Crippen MR) is 66.7 cm³/mol. The van der Waals surface area contributed by atoms with Crippen LogP contribution < -0.4 is 0 Å². The Bertz CT molecular complexity index is 208. The molecule has 0 aromatic heterocycles. The lowest BCUT2D eigenvalue weighted by molar-refractivity contribution is 0.422. The molecule has 1 atom stereocenters. The van der Waals surface area contributed by atoms with Crippen molar-refractivity contribution in [3.63, 3.8) is 0 Å². The van der Waals surface area contributed by atoms with Gasteiger partial charge in [0.1, 0.15) is 0 Å². The van der Waals surface area contributed by atoms with E-state index in [1.807, 2.05) is 5.92 Å². The third-order valence-electron chi connectivity index (χ3n) is 4.13. The Morgan fingerprint density at radius 2 is 1.93 bits per heavy atom. The smallest absolute Gasteiger partial charge is 0.000545 e. The zero-order valence-electron chi connectivity index (χ0n) is 10.2. The third-order valence-corrected chi connectivity index (χ3v) is 4.13. The Kier molecular flexibility index (Phi) is 4.29. The van der Waals surface area contributed by atoms with Gasteiger partial charge in [-0.05, 0) is 38.0 Å². The first-order valence-corrected chi connectivity index (χ1v) is 6.94. The summed E-state index contributed by atoms with van der Waals surface area (Å²) in [6.07, 6.45) is 16.8. The van der Waals surface area contributed by atoms with Crippen molar-refractivity contribution in [1.82, 2.24) is 0 Å². The molecule has 0 saturated heterocycles. The fourth-order valence-corrected chi connectivity index (χ4v) is 3.18. The van der Waals surface area contributed by atoms with Crippen LogP contribution in [-0.2, 0) is 0 Å². The second kappa shape index (κ2) is 5.72. The Morgan fingerprint density at radius 1 is 1.13 bits per heavy atom. The molecule has 1 radical (unpaired) electrons. The average Bonchev–Trinajstić information content (AvgIpc) is 2.32. The largest absolute Gasteiger partial charge is 0.0845 e. The maximum absolute atomic E-state index is 2.57. The molecule has 0 aromatic rings. The lowest BCUT2D eigenvalue weighted by Crippen LogP contribution is -2.12. The van der Waals surface area contributed by atoms with Crippen molar-refractivity contribution in [2.75, 3.05) is 0 Å². The van der Waals surface area contributed by atoms with Crippen LogP contribution in [-0.4, -0.2) is 0 Å². The van der Waals surface area contributed by atoms with Crippen molar-refractivity contribution in [2.45, 2.75) is 71.1 Å². The van der Waals surface area contributed by atoms with E-state index < -0.39 is 0 Å². The third kappa shape index (κ3) is 3.09. The van der Waals surface area contributed by atoms with Gasteiger partial charge in [0.2, 0.25) is 0 Å². The Morgan fingerprint density at radius 3 is 2.53 bits per heavy atom. The van der Waals surface area contributed by atoms with Crippen LogP contribution in [0.25, 0.3) is 0 Å². The van der Waals surface area contributed by atoms with Gasteiger partial charge in [-0.3, -0.25) is 0 Å². The molecule has 15 heavy (non-hydrogen) atoms. The predicted octanol–water partition coefficient (Wildman–Crippen LogP) is 5.05. The van der Waals surface area contributed by atoms with Crippen molar-refractivity contribution in [2.24, 2.45) is 5.92 Å². The van der Waals surface area contributed by atoms with Crippen LogP contribution >= 0.6 is 0 Å². The minimum Gasteiger partial charge on any atom is -0.0845 e. The monoisotopic (exact) mass is 205 g/mol.